The molecule has 1 heterocycles. The number of pyridine rings is 1. The average molecular weight is 350 g/mol. The number of amidine groups is 2. The maximum absolute atomic E-state index is 6.11. The molecule has 0 saturated heterocycles. The first kappa shape index (κ1) is 19.3. The van der Waals surface area contributed by atoms with Crippen LogP contribution in [-0.2, 0) is 6.54 Å². The van der Waals surface area contributed by atoms with Gasteiger partial charge in [-0.2, -0.15) is 0 Å². The largest absolute Gasteiger partial charge is 0.383 e. The molecule has 136 valence electrons. The van der Waals surface area contributed by atoms with Crippen molar-refractivity contribution in [1.29, 1.82) is 0 Å². The molecule has 0 aliphatic rings. The standard InChI is InChI=1S/C20H26N6/c1-4-5-8-18(23-2)26(16-11-9-15(14-21)10-12-16)20(24-3)17-7-6-13-25-19(17)22/h5-13H,4,14,21H2,1-3H3,(H2,22,25)/b8-5-,23-18?,24-20?. The Balaban J connectivity index is 2.61. The molecule has 2 aromatic rings. The zero-order valence-corrected chi connectivity index (χ0v) is 15.6. The lowest BCUT2D eigenvalue weighted by Crippen LogP contribution is -2.37. The van der Waals surface area contributed by atoms with Gasteiger partial charge in [0.2, 0.25) is 0 Å². The lowest BCUT2D eigenvalue weighted by molar-refractivity contribution is 1.07. The fourth-order valence-electron chi connectivity index (χ4n) is 2.56. The maximum Gasteiger partial charge on any atom is 0.144 e. The van der Waals surface area contributed by atoms with Gasteiger partial charge in [0.1, 0.15) is 17.5 Å². The molecule has 0 amide bonds. The van der Waals surface area contributed by atoms with E-state index in [0.29, 0.717) is 18.2 Å². The molecule has 1 aromatic heterocycles. The SMILES string of the molecule is CC/C=C\C(=NC)N(C(=NC)c1cccnc1N)c1ccc(CN)cc1. The number of allylic oxidation sites excluding steroid dienone is 1. The highest BCUT2D eigenvalue weighted by molar-refractivity contribution is 6.28. The summed E-state index contributed by atoms with van der Waals surface area (Å²) >= 11 is 0. The van der Waals surface area contributed by atoms with Crippen LogP contribution < -0.4 is 16.4 Å². The van der Waals surface area contributed by atoms with Gasteiger partial charge in [0, 0.05) is 32.5 Å². The van der Waals surface area contributed by atoms with Gasteiger partial charge >= 0.3 is 0 Å². The number of anilines is 2. The van der Waals surface area contributed by atoms with Crippen molar-refractivity contribution >= 4 is 23.2 Å². The van der Waals surface area contributed by atoms with Crippen LogP contribution in [0.25, 0.3) is 0 Å². The first-order valence-electron chi connectivity index (χ1n) is 8.56. The maximum atomic E-state index is 6.11. The third-order valence-electron chi connectivity index (χ3n) is 3.89. The number of nitrogen functional groups attached to an aromatic ring is 1. The third-order valence-corrected chi connectivity index (χ3v) is 3.89. The summed E-state index contributed by atoms with van der Waals surface area (Å²) in [7, 11) is 3.50. The van der Waals surface area contributed by atoms with E-state index in [-0.39, 0.29) is 0 Å². The molecule has 0 atom stereocenters. The van der Waals surface area contributed by atoms with Crippen LogP contribution in [0.3, 0.4) is 0 Å². The van der Waals surface area contributed by atoms with Crippen molar-refractivity contribution in [2.75, 3.05) is 24.7 Å². The second kappa shape index (κ2) is 9.48. The molecule has 0 unspecified atom stereocenters. The van der Waals surface area contributed by atoms with Gasteiger partial charge in [0.25, 0.3) is 0 Å². The van der Waals surface area contributed by atoms with Crippen LogP contribution >= 0.6 is 0 Å². The van der Waals surface area contributed by atoms with Crippen molar-refractivity contribution in [2.45, 2.75) is 19.9 Å². The fraction of sp³-hybridized carbons (Fsp3) is 0.250. The molecule has 0 aliphatic heterocycles. The Morgan fingerprint density at radius 3 is 2.42 bits per heavy atom. The van der Waals surface area contributed by atoms with Gasteiger partial charge in [-0.25, -0.2) is 4.98 Å². The molecule has 0 aliphatic carbocycles. The molecular formula is C20H26N6. The highest BCUT2D eigenvalue weighted by atomic mass is 15.2. The van der Waals surface area contributed by atoms with Crippen LogP contribution in [0, 0.1) is 0 Å². The quantitative estimate of drug-likeness (QED) is 0.640. The second-order valence-corrected chi connectivity index (χ2v) is 5.58. The first-order chi connectivity index (χ1) is 12.7. The van der Waals surface area contributed by atoms with Gasteiger partial charge in [-0.3, -0.25) is 14.9 Å². The van der Waals surface area contributed by atoms with Gasteiger partial charge in [0.15, 0.2) is 0 Å². The van der Waals surface area contributed by atoms with Gasteiger partial charge in [-0.15, -0.1) is 0 Å². The Kier molecular flexibility index (Phi) is 7.05. The molecule has 6 heteroatoms. The smallest absolute Gasteiger partial charge is 0.144 e. The lowest BCUT2D eigenvalue weighted by Gasteiger charge is -2.27. The van der Waals surface area contributed by atoms with Crippen molar-refractivity contribution in [3.05, 3.63) is 65.9 Å². The van der Waals surface area contributed by atoms with E-state index in [1.807, 2.05) is 47.4 Å². The number of nitrogens with zero attached hydrogens (tertiary/aromatic N) is 4. The molecule has 2 rings (SSSR count). The van der Waals surface area contributed by atoms with E-state index in [4.69, 9.17) is 11.5 Å². The molecule has 0 bridgehead atoms. The Labute approximate surface area is 155 Å². The van der Waals surface area contributed by atoms with Crippen LogP contribution in [0.15, 0.2) is 64.7 Å². The zero-order chi connectivity index (χ0) is 18.9. The van der Waals surface area contributed by atoms with Gasteiger partial charge < -0.3 is 11.5 Å². The van der Waals surface area contributed by atoms with E-state index in [9.17, 15) is 0 Å². The predicted molar refractivity (Wildman–Crippen MR) is 111 cm³/mol. The number of benzene rings is 1. The molecule has 0 radical (unpaired) electrons. The van der Waals surface area contributed by atoms with E-state index in [1.165, 1.54) is 0 Å². The van der Waals surface area contributed by atoms with E-state index >= 15 is 0 Å². The molecule has 0 saturated carbocycles. The number of hydrogen-bond acceptors (Lipinski definition) is 5. The minimum Gasteiger partial charge on any atom is -0.383 e. The van der Waals surface area contributed by atoms with Crippen LogP contribution in [0.1, 0.15) is 24.5 Å². The van der Waals surface area contributed by atoms with E-state index in [0.717, 1.165) is 29.1 Å². The molecular weight excluding hydrogens is 324 g/mol. The monoisotopic (exact) mass is 350 g/mol. The van der Waals surface area contributed by atoms with Crippen LogP contribution in [0.4, 0.5) is 11.5 Å². The average Bonchev–Trinajstić information content (AvgIpc) is 2.69. The van der Waals surface area contributed by atoms with E-state index < -0.39 is 0 Å². The summed E-state index contributed by atoms with van der Waals surface area (Å²) in [6.45, 7) is 2.58. The van der Waals surface area contributed by atoms with Crippen molar-refractivity contribution in [1.82, 2.24) is 4.98 Å². The first-order valence-corrected chi connectivity index (χ1v) is 8.56. The molecule has 0 spiro atoms. The Bertz CT molecular complexity index is 805. The minimum absolute atomic E-state index is 0.423. The number of nitrogens with two attached hydrogens (primary N) is 2. The molecule has 4 N–H and O–H groups in total. The van der Waals surface area contributed by atoms with Crippen molar-refractivity contribution in [3.8, 4) is 0 Å². The predicted octanol–water partition coefficient (Wildman–Crippen LogP) is 3.00. The van der Waals surface area contributed by atoms with Crippen molar-refractivity contribution in [2.24, 2.45) is 15.7 Å². The fourth-order valence-corrected chi connectivity index (χ4v) is 2.56. The van der Waals surface area contributed by atoms with Crippen LogP contribution in [-0.4, -0.2) is 30.8 Å². The normalized spacial score (nSPS) is 12.6. The van der Waals surface area contributed by atoms with Gasteiger partial charge in [0.05, 0.1) is 5.56 Å². The van der Waals surface area contributed by atoms with Crippen molar-refractivity contribution < 1.29 is 0 Å². The summed E-state index contributed by atoms with van der Waals surface area (Å²) in [5.74, 6) is 1.86. The lowest BCUT2D eigenvalue weighted by atomic mass is 10.1. The van der Waals surface area contributed by atoms with Crippen LogP contribution in [0.2, 0.25) is 0 Å². The minimum atomic E-state index is 0.423. The Hall–Kier alpha value is -2.99. The van der Waals surface area contributed by atoms with Crippen LogP contribution in [0.5, 0.6) is 0 Å². The summed E-state index contributed by atoms with van der Waals surface area (Å²) in [5.41, 5.74) is 14.6. The topological polar surface area (TPSA) is 92.9 Å². The number of aromatic nitrogens is 1. The third kappa shape index (κ3) is 4.34. The Morgan fingerprint density at radius 2 is 1.88 bits per heavy atom. The van der Waals surface area contributed by atoms with Gasteiger partial charge in [-0.1, -0.05) is 25.1 Å². The number of aliphatic imine (C=N–C) groups is 2. The molecule has 0 fully saturated rings. The van der Waals surface area contributed by atoms with Gasteiger partial charge in [-0.05, 0) is 42.3 Å². The summed E-state index contributed by atoms with van der Waals surface area (Å²) < 4.78 is 0. The number of rotatable bonds is 5. The molecule has 1 aromatic carbocycles. The number of hydrogen-bond donors (Lipinski definition) is 2. The Morgan fingerprint density at radius 1 is 1.15 bits per heavy atom. The van der Waals surface area contributed by atoms with E-state index in [2.05, 4.69) is 28.0 Å². The molecule has 6 nitrogen and oxygen atoms in total. The summed E-state index contributed by atoms with van der Waals surface area (Å²) in [6, 6.07) is 11.8. The highest BCUT2D eigenvalue weighted by Gasteiger charge is 2.21. The zero-order valence-electron chi connectivity index (χ0n) is 15.6. The second-order valence-electron chi connectivity index (χ2n) is 5.58. The van der Waals surface area contributed by atoms with Crippen molar-refractivity contribution in [3.63, 3.8) is 0 Å². The summed E-state index contributed by atoms with van der Waals surface area (Å²) in [5, 5.41) is 0. The summed E-state index contributed by atoms with van der Waals surface area (Å²) in [6.07, 6.45) is 6.61. The van der Waals surface area contributed by atoms with E-state index in [1.54, 1.807) is 20.3 Å². The highest BCUT2D eigenvalue weighted by Crippen LogP contribution is 2.22. The summed E-state index contributed by atoms with van der Waals surface area (Å²) in [4.78, 5) is 15.1. The molecule has 26 heavy (non-hydrogen) atoms.